The van der Waals surface area contributed by atoms with Gasteiger partial charge in [-0.05, 0) is 59.3 Å². The van der Waals surface area contributed by atoms with Crippen LogP contribution in [0.2, 0.25) is 0 Å². The lowest BCUT2D eigenvalue weighted by Gasteiger charge is -2.26. The summed E-state index contributed by atoms with van der Waals surface area (Å²) in [6.45, 7) is 12.0. The van der Waals surface area contributed by atoms with Crippen LogP contribution in [0, 0.1) is 12.8 Å². The van der Waals surface area contributed by atoms with Crippen LogP contribution in [-0.4, -0.2) is 15.3 Å². The van der Waals surface area contributed by atoms with Crippen LogP contribution in [0.3, 0.4) is 0 Å². The minimum atomic E-state index is 0.162. The molecule has 0 aliphatic heterocycles. The third-order valence-corrected chi connectivity index (χ3v) is 4.19. The number of aryl methyl sites for hydroxylation is 1. The molecule has 1 saturated carbocycles. The standard InChI is InChI=1S/C16H29N3/c1-12-6-8-15(9-7-12)19-11-14(13(2)18-19)10-17-16(3,4)5/h11-12,15,17H,6-10H2,1-5H3. The molecule has 0 amide bonds. The summed E-state index contributed by atoms with van der Waals surface area (Å²) in [7, 11) is 0. The molecule has 19 heavy (non-hydrogen) atoms. The monoisotopic (exact) mass is 263 g/mol. The second-order valence-corrected chi connectivity index (χ2v) is 7.24. The van der Waals surface area contributed by atoms with Gasteiger partial charge in [0, 0.05) is 23.8 Å². The zero-order valence-corrected chi connectivity index (χ0v) is 13.2. The lowest BCUT2D eigenvalue weighted by atomic mass is 9.87. The fourth-order valence-electron chi connectivity index (χ4n) is 2.75. The normalized spacial score (nSPS) is 24.7. The molecule has 0 saturated heterocycles. The van der Waals surface area contributed by atoms with Crippen molar-refractivity contribution in [2.24, 2.45) is 5.92 Å². The fraction of sp³-hybridized carbons (Fsp3) is 0.812. The van der Waals surface area contributed by atoms with E-state index in [1.165, 1.54) is 36.9 Å². The van der Waals surface area contributed by atoms with Crippen LogP contribution in [0.1, 0.15) is 70.7 Å². The van der Waals surface area contributed by atoms with Crippen LogP contribution in [-0.2, 0) is 6.54 Å². The minimum Gasteiger partial charge on any atom is -0.308 e. The first-order valence-corrected chi connectivity index (χ1v) is 7.65. The van der Waals surface area contributed by atoms with Crippen molar-refractivity contribution in [2.45, 2.75) is 78.4 Å². The van der Waals surface area contributed by atoms with Crippen molar-refractivity contribution in [1.29, 1.82) is 0 Å². The fourth-order valence-corrected chi connectivity index (χ4v) is 2.75. The molecule has 3 nitrogen and oxygen atoms in total. The van der Waals surface area contributed by atoms with Crippen LogP contribution in [0.5, 0.6) is 0 Å². The summed E-state index contributed by atoms with van der Waals surface area (Å²) in [5.41, 5.74) is 2.68. The predicted octanol–water partition coefficient (Wildman–Crippen LogP) is 3.83. The molecule has 1 N–H and O–H groups in total. The van der Waals surface area contributed by atoms with Gasteiger partial charge >= 0.3 is 0 Å². The lowest BCUT2D eigenvalue weighted by Crippen LogP contribution is -2.35. The summed E-state index contributed by atoms with van der Waals surface area (Å²) in [5, 5.41) is 8.29. The van der Waals surface area contributed by atoms with Crippen LogP contribution < -0.4 is 5.32 Å². The minimum absolute atomic E-state index is 0.162. The topological polar surface area (TPSA) is 29.9 Å². The molecule has 2 rings (SSSR count). The van der Waals surface area contributed by atoms with E-state index in [2.05, 4.69) is 50.8 Å². The van der Waals surface area contributed by atoms with Crippen LogP contribution >= 0.6 is 0 Å². The molecule has 0 aromatic carbocycles. The Balaban J connectivity index is 2.00. The highest BCUT2D eigenvalue weighted by Gasteiger charge is 2.21. The Hall–Kier alpha value is -0.830. The van der Waals surface area contributed by atoms with Crippen molar-refractivity contribution < 1.29 is 0 Å². The highest BCUT2D eigenvalue weighted by atomic mass is 15.3. The Morgan fingerprint density at radius 3 is 2.47 bits per heavy atom. The SMILES string of the molecule is Cc1nn(C2CCC(C)CC2)cc1CNC(C)(C)C. The van der Waals surface area contributed by atoms with Gasteiger partial charge in [0.05, 0.1) is 11.7 Å². The Bertz CT molecular complexity index is 406. The van der Waals surface area contributed by atoms with Gasteiger partial charge in [-0.3, -0.25) is 4.68 Å². The number of nitrogens with zero attached hydrogens (tertiary/aromatic N) is 2. The number of rotatable bonds is 3. The van der Waals surface area contributed by atoms with Crippen molar-refractivity contribution in [2.75, 3.05) is 0 Å². The van der Waals surface area contributed by atoms with Gasteiger partial charge in [0.25, 0.3) is 0 Å². The van der Waals surface area contributed by atoms with Crippen LogP contribution in [0.15, 0.2) is 6.20 Å². The van der Waals surface area contributed by atoms with Crippen molar-refractivity contribution in [1.82, 2.24) is 15.1 Å². The van der Waals surface area contributed by atoms with Gasteiger partial charge in [-0.1, -0.05) is 6.92 Å². The molecule has 1 aliphatic rings. The maximum Gasteiger partial charge on any atom is 0.0638 e. The molecule has 1 heterocycles. The molecule has 3 heteroatoms. The maximum atomic E-state index is 4.74. The molecule has 0 bridgehead atoms. The third kappa shape index (κ3) is 4.07. The van der Waals surface area contributed by atoms with E-state index in [1.54, 1.807) is 0 Å². The van der Waals surface area contributed by atoms with Crippen molar-refractivity contribution in [3.05, 3.63) is 17.5 Å². The first kappa shape index (κ1) is 14.6. The van der Waals surface area contributed by atoms with Gasteiger partial charge in [0.15, 0.2) is 0 Å². The molecule has 1 aromatic heterocycles. The summed E-state index contributed by atoms with van der Waals surface area (Å²) in [5.74, 6) is 0.898. The lowest BCUT2D eigenvalue weighted by molar-refractivity contribution is 0.273. The zero-order chi connectivity index (χ0) is 14.0. The highest BCUT2D eigenvalue weighted by Crippen LogP contribution is 2.31. The molecular formula is C16H29N3. The summed E-state index contributed by atoms with van der Waals surface area (Å²) in [4.78, 5) is 0. The molecule has 0 atom stereocenters. The molecule has 1 aliphatic carbocycles. The molecule has 0 spiro atoms. The first-order chi connectivity index (χ1) is 8.85. The van der Waals surface area contributed by atoms with Gasteiger partial charge in [-0.15, -0.1) is 0 Å². The average molecular weight is 263 g/mol. The van der Waals surface area contributed by atoms with E-state index in [4.69, 9.17) is 5.10 Å². The van der Waals surface area contributed by atoms with Crippen molar-refractivity contribution >= 4 is 0 Å². The summed E-state index contributed by atoms with van der Waals surface area (Å²) >= 11 is 0. The van der Waals surface area contributed by atoms with E-state index in [1.807, 2.05) is 0 Å². The Labute approximate surface area is 117 Å². The third-order valence-electron chi connectivity index (χ3n) is 4.19. The summed E-state index contributed by atoms with van der Waals surface area (Å²) in [6, 6.07) is 0.623. The van der Waals surface area contributed by atoms with Gasteiger partial charge in [-0.25, -0.2) is 0 Å². The Morgan fingerprint density at radius 1 is 1.26 bits per heavy atom. The van der Waals surface area contributed by atoms with Crippen LogP contribution in [0.25, 0.3) is 0 Å². The van der Waals surface area contributed by atoms with E-state index in [9.17, 15) is 0 Å². The predicted molar refractivity (Wildman–Crippen MR) is 80.2 cm³/mol. The summed E-state index contributed by atoms with van der Waals surface area (Å²) < 4.78 is 2.22. The van der Waals surface area contributed by atoms with Crippen molar-refractivity contribution in [3.8, 4) is 0 Å². The van der Waals surface area contributed by atoms with E-state index < -0.39 is 0 Å². The maximum absolute atomic E-state index is 4.74. The summed E-state index contributed by atoms with van der Waals surface area (Å²) in [6.07, 6.45) is 7.52. The smallest absolute Gasteiger partial charge is 0.0638 e. The molecular weight excluding hydrogens is 234 g/mol. The van der Waals surface area contributed by atoms with E-state index >= 15 is 0 Å². The van der Waals surface area contributed by atoms with Gasteiger partial charge in [0.2, 0.25) is 0 Å². The number of nitrogens with one attached hydrogen (secondary N) is 1. The second-order valence-electron chi connectivity index (χ2n) is 7.24. The van der Waals surface area contributed by atoms with Gasteiger partial charge < -0.3 is 5.32 Å². The molecule has 0 unspecified atom stereocenters. The Kier molecular flexibility index (Phi) is 4.34. The number of hydrogen-bond acceptors (Lipinski definition) is 2. The molecule has 1 aromatic rings. The van der Waals surface area contributed by atoms with Crippen molar-refractivity contribution in [3.63, 3.8) is 0 Å². The molecule has 0 radical (unpaired) electrons. The van der Waals surface area contributed by atoms with E-state index in [0.717, 1.165) is 12.5 Å². The molecule has 108 valence electrons. The number of aromatic nitrogens is 2. The first-order valence-electron chi connectivity index (χ1n) is 7.65. The van der Waals surface area contributed by atoms with Gasteiger partial charge in [0.1, 0.15) is 0 Å². The number of hydrogen-bond donors (Lipinski definition) is 1. The molecule has 1 fully saturated rings. The quantitative estimate of drug-likeness (QED) is 0.898. The second kappa shape index (κ2) is 5.66. The zero-order valence-electron chi connectivity index (χ0n) is 13.2. The van der Waals surface area contributed by atoms with E-state index in [-0.39, 0.29) is 5.54 Å². The Morgan fingerprint density at radius 2 is 1.89 bits per heavy atom. The van der Waals surface area contributed by atoms with E-state index in [0.29, 0.717) is 6.04 Å². The largest absolute Gasteiger partial charge is 0.308 e. The van der Waals surface area contributed by atoms with Crippen LogP contribution in [0.4, 0.5) is 0 Å². The van der Waals surface area contributed by atoms with Gasteiger partial charge in [-0.2, -0.15) is 5.10 Å². The highest BCUT2D eigenvalue weighted by molar-refractivity contribution is 5.16. The average Bonchev–Trinajstić information content (AvgIpc) is 2.68.